The summed E-state index contributed by atoms with van der Waals surface area (Å²) in [5.74, 6) is 2.86. The smallest absolute Gasteiger partial charge is 0.135 e. The van der Waals surface area contributed by atoms with Gasteiger partial charge in [0.1, 0.15) is 17.5 Å². The van der Waals surface area contributed by atoms with Crippen LogP contribution >= 0.6 is 0 Å². The second-order valence-corrected chi connectivity index (χ2v) is 5.56. The van der Waals surface area contributed by atoms with Crippen molar-refractivity contribution < 1.29 is 5.11 Å². The molecule has 1 heterocycles. The Bertz CT molecular complexity index is 407. The quantitative estimate of drug-likeness (QED) is 0.766. The molecule has 5 heteroatoms. The Morgan fingerprint density at radius 1 is 1.25 bits per heavy atom. The molecule has 0 aliphatic carbocycles. The van der Waals surface area contributed by atoms with Crippen molar-refractivity contribution in [3.63, 3.8) is 0 Å². The van der Waals surface area contributed by atoms with Gasteiger partial charge in [0.25, 0.3) is 0 Å². The van der Waals surface area contributed by atoms with Crippen molar-refractivity contribution in [3.8, 4) is 0 Å². The molecule has 0 fully saturated rings. The molecule has 1 rings (SSSR count). The zero-order chi connectivity index (χ0) is 15.1. The third-order valence-corrected chi connectivity index (χ3v) is 3.06. The highest BCUT2D eigenvalue weighted by Crippen LogP contribution is 2.21. The number of anilines is 2. The van der Waals surface area contributed by atoms with Crippen LogP contribution in [0.1, 0.15) is 52.8 Å². The van der Waals surface area contributed by atoms with Gasteiger partial charge in [-0.2, -0.15) is 0 Å². The summed E-state index contributed by atoms with van der Waals surface area (Å²) in [4.78, 5) is 11.3. The van der Waals surface area contributed by atoms with Gasteiger partial charge in [-0.15, -0.1) is 0 Å². The lowest BCUT2D eigenvalue weighted by Crippen LogP contribution is -2.34. The number of aromatic nitrogens is 2. The molecule has 114 valence electrons. The average molecular weight is 280 g/mol. The van der Waals surface area contributed by atoms with Gasteiger partial charge < -0.3 is 15.3 Å². The molecule has 20 heavy (non-hydrogen) atoms. The van der Waals surface area contributed by atoms with Crippen molar-refractivity contribution in [1.82, 2.24) is 9.97 Å². The molecule has 0 saturated carbocycles. The van der Waals surface area contributed by atoms with Crippen LogP contribution in [0.3, 0.4) is 0 Å². The van der Waals surface area contributed by atoms with E-state index in [0.717, 1.165) is 30.4 Å². The summed E-state index contributed by atoms with van der Waals surface area (Å²) in [6.07, 6.45) is 1.06. The van der Waals surface area contributed by atoms with E-state index in [1.54, 1.807) is 0 Å². The van der Waals surface area contributed by atoms with Gasteiger partial charge in [-0.25, -0.2) is 9.97 Å². The first-order valence-corrected chi connectivity index (χ1v) is 7.49. The van der Waals surface area contributed by atoms with Crippen LogP contribution in [0.4, 0.5) is 11.6 Å². The van der Waals surface area contributed by atoms with E-state index in [9.17, 15) is 5.11 Å². The molecule has 0 atom stereocenters. The predicted octanol–water partition coefficient (Wildman–Crippen LogP) is 2.63. The van der Waals surface area contributed by atoms with Crippen LogP contribution in [0, 0.1) is 0 Å². The summed E-state index contributed by atoms with van der Waals surface area (Å²) in [6, 6.07) is 2.26. The van der Waals surface area contributed by atoms with Gasteiger partial charge in [-0.1, -0.05) is 20.8 Å². The molecule has 1 aromatic rings. The van der Waals surface area contributed by atoms with Crippen LogP contribution in [-0.2, 0) is 0 Å². The molecule has 0 aliphatic rings. The lowest BCUT2D eigenvalue weighted by atomic mass is 10.2. The van der Waals surface area contributed by atoms with E-state index in [4.69, 9.17) is 0 Å². The molecule has 2 N–H and O–H groups in total. The summed E-state index contributed by atoms with van der Waals surface area (Å²) < 4.78 is 0. The Labute approximate surface area is 122 Å². The first-order valence-electron chi connectivity index (χ1n) is 7.49. The minimum Gasteiger partial charge on any atom is -0.395 e. The highest BCUT2D eigenvalue weighted by atomic mass is 16.3. The fraction of sp³-hybridized carbons (Fsp3) is 0.733. The summed E-state index contributed by atoms with van der Waals surface area (Å²) in [5.41, 5.74) is 0. The van der Waals surface area contributed by atoms with Gasteiger partial charge in [0.15, 0.2) is 0 Å². The van der Waals surface area contributed by atoms with Crippen molar-refractivity contribution in [2.75, 3.05) is 29.9 Å². The van der Waals surface area contributed by atoms with E-state index in [2.05, 4.69) is 54.8 Å². The van der Waals surface area contributed by atoms with Gasteiger partial charge in [0, 0.05) is 31.1 Å². The van der Waals surface area contributed by atoms with Crippen molar-refractivity contribution in [1.29, 1.82) is 0 Å². The zero-order valence-electron chi connectivity index (χ0n) is 13.3. The van der Waals surface area contributed by atoms with E-state index in [-0.39, 0.29) is 18.6 Å². The molecule has 1 aromatic heterocycles. The molecule has 0 bridgehead atoms. The van der Waals surface area contributed by atoms with Crippen LogP contribution in [0.5, 0.6) is 0 Å². The van der Waals surface area contributed by atoms with E-state index >= 15 is 0 Å². The summed E-state index contributed by atoms with van der Waals surface area (Å²) in [5, 5.41) is 12.6. The average Bonchev–Trinajstić information content (AvgIpc) is 2.41. The minimum absolute atomic E-state index is 0.122. The lowest BCUT2D eigenvalue weighted by Gasteiger charge is -2.28. The van der Waals surface area contributed by atoms with E-state index < -0.39 is 0 Å². The van der Waals surface area contributed by atoms with Crippen molar-refractivity contribution in [3.05, 3.63) is 11.9 Å². The summed E-state index contributed by atoms with van der Waals surface area (Å²) >= 11 is 0. The van der Waals surface area contributed by atoms with Crippen LogP contribution < -0.4 is 10.2 Å². The summed E-state index contributed by atoms with van der Waals surface area (Å²) in [6.45, 7) is 12.1. The molecule has 0 saturated heterocycles. The first kappa shape index (κ1) is 16.7. The van der Waals surface area contributed by atoms with Crippen molar-refractivity contribution in [2.24, 2.45) is 0 Å². The Hall–Kier alpha value is -1.36. The number of nitrogens with one attached hydrogen (secondary N) is 1. The Kier molecular flexibility index (Phi) is 6.71. The van der Waals surface area contributed by atoms with E-state index in [1.165, 1.54) is 0 Å². The molecule has 0 unspecified atom stereocenters. The Morgan fingerprint density at radius 2 is 1.95 bits per heavy atom. The zero-order valence-corrected chi connectivity index (χ0v) is 13.3. The van der Waals surface area contributed by atoms with Gasteiger partial charge in [0.05, 0.1) is 6.61 Å². The van der Waals surface area contributed by atoms with E-state index in [1.807, 2.05) is 6.07 Å². The molecular formula is C15H28N4O. The molecule has 0 aromatic carbocycles. The van der Waals surface area contributed by atoms with Crippen molar-refractivity contribution >= 4 is 11.6 Å². The molecule has 0 spiro atoms. The molecular weight excluding hydrogens is 252 g/mol. The highest BCUT2D eigenvalue weighted by Gasteiger charge is 2.15. The molecule has 0 aliphatic heterocycles. The van der Waals surface area contributed by atoms with Gasteiger partial charge in [-0.05, 0) is 20.3 Å². The maximum Gasteiger partial charge on any atom is 0.135 e. The second kappa shape index (κ2) is 8.04. The largest absolute Gasteiger partial charge is 0.395 e. The first-order chi connectivity index (χ1) is 9.49. The monoisotopic (exact) mass is 280 g/mol. The fourth-order valence-electron chi connectivity index (χ4n) is 1.95. The predicted molar refractivity (Wildman–Crippen MR) is 84.5 cm³/mol. The van der Waals surface area contributed by atoms with Gasteiger partial charge in [-0.3, -0.25) is 0 Å². The van der Waals surface area contributed by atoms with Crippen molar-refractivity contribution in [2.45, 2.75) is 53.0 Å². The lowest BCUT2D eigenvalue weighted by molar-refractivity contribution is 0.298. The number of rotatable bonds is 8. The Balaban J connectivity index is 3.11. The maximum absolute atomic E-state index is 9.24. The number of hydrogen-bond donors (Lipinski definition) is 2. The molecule has 0 amide bonds. The summed E-state index contributed by atoms with van der Waals surface area (Å²) in [7, 11) is 0. The van der Waals surface area contributed by atoms with Crippen LogP contribution in [0.25, 0.3) is 0 Å². The maximum atomic E-state index is 9.24. The number of aliphatic hydroxyl groups is 1. The molecule has 5 nitrogen and oxygen atoms in total. The van der Waals surface area contributed by atoms with Gasteiger partial charge in [0.2, 0.25) is 0 Å². The third-order valence-electron chi connectivity index (χ3n) is 3.06. The molecule has 0 radical (unpaired) electrons. The second-order valence-electron chi connectivity index (χ2n) is 5.56. The third kappa shape index (κ3) is 4.63. The van der Waals surface area contributed by atoms with Gasteiger partial charge >= 0.3 is 0 Å². The number of hydrogen-bond acceptors (Lipinski definition) is 5. The SMILES string of the molecule is CCCNc1cc(N(CCO)C(C)C)nc(C(C)C)n1. The van der Waals surface area contributed by atoms with Crippen LogP contribution in [0.2, 0.25) is 0 Å². The van der Waals surface area contributed by atoms with E-state index in [0.29, 0.717) is 6.54 Å². The van der Waals surface area contributed by atoms with Crippen LogP contribution in [-0.4, -0.2) is 40.8 Å². The Morgan fingerprint density at radius 3 is 2.45 bits per heavy atom. The number of nitrogens with zero attached hydrogens (tertiary/aromatic N) is 3. The standard InChI is InChI=1S/C15H28N4O/c1-6-7-16-13-10-14(18-15(17-13)11(2)3)19(8-9-20)12(4)5/h10-12,20H,6-9H2,1-5H3,(H,16,17,18). The number of aliphatic hydroxyl groups excluding tert-OH is 1. The minimum atomic E-state index is 0.122. The highest BCUT2D eigenvalue weighted by molar-refractivity contribution is 5.50. The normalized spacial score (nSPS) is 11.2. The van der Waals surface area contributed by atoms with Crippen LogP contribution in [0.15, 0.2) is 6.07 Å². The fourth-order valence-corrected chi connectivity index (χ4v) is 1.95. The topological polar surface area (TPSA) is 61.3 Å².